The number of nitrogens with zero attached hydrogens (tertiary/aromatic N) is 1. The number of hydrogen-bond acceptors (Lipinski definition) is 2. The Hall–Kier alpha value is -1.32. The minimum absolute atomic E-state index is 0.238. The van der Waals surface area contributed by atoms with Crippen LogP contribution >= 0.6 is 0 Å². The summed E-state index contributed by atoms with van der Waals surface area (Å²) < 4.78 is 0. The molecule has 2 N–H and O–H groups in total. The Labute approximate surface area is 109 Å². The van der Waals surface area contributed by atoms with E-state index in [2.05, 4.69) is 15.3 Å². The summed E-state index contributed by atoms with van der Waals surface area (Å²) in [6, 6.07) is 0. The third kappa shape index (κ3) is 4.17. The topological polar surface area (TPSA) is 57.8 Å². The number of rotatable bonds is 4. The fourth-order valence-corrected chi connectivity index (χ4v) is 2.60. The molecule has 0 saturated heterocycles. The maximum atomic E-state index is 12.0. The zero-order valence-electron chi connectivity index (χ0n) is 11.0. The van der Waals surface area contributed by atoms with Gasteiger partial charge in [-0.25, -0.2) is 4.98 Å². The van der Waals surface area contributed by atoms with Crippen molar-refractivity contribution in [2.75, 3.05) is 6.54 Å². The second kappa shape index (κ2) is 7.19. The first kappa shape index (κ1) is 13.1. The third-order valence-electron chi connectivity index (χ3n) is 3.69. The van der Waals surface area contributed by atoms with Crippen molar-refractivity contribution in [3.8, 4) is 0 Å². The molecule has 1 saturated carbocycles. The van der Waals surface area contributed by atoms with Gasteiger partial charge in [-0.2, -0.15) is 0 Å². The van der Waals surface area contributed by atoms with Crippen LogP contribution in [0.25, 0.3) is 0 Å². The monoisotopic (exact) mass is 249 g/mol. The Morgan fingerprint density at radius 2 is 2.00 bits per heavy atom. The van der Waals surface area contributed by atoms with Gasteiger partial charge in [0.2, 0.25) is 5.91 Å². The minimum Gasteiger partial charge on any atom is -0.355 e. The normalized spacial score (nSPS) is 18.0. The van der Waals surface area contributed by atoms with Crippen molar-refractivity contribution in [3.05, 3.63) is 18.2 Å². The summed E-state index contributed by atoms with van der Waals surface area (Å²) >= 11 is 0. The second-order valence-electron chi connectivity index (χ2n) is 5.12. The Morgan fingerprint density at radius 1 is 1.28 bits per heavy atom. The van der Waals surface area contributed by atoms with E-state index < -0.39 is 0 Å². The first-order chi connectivity index (χ1) is 8.86. The highest BCUT2D eigenvalue weighted by molar-refractivity contribution is 5.78. The zero-order valence-corrected chi connectivity index (χ0v) is 11.0. The van der Waals surface area contributed by atoms with Crippen LogP contribution in [-0.4, -0.2) is 22.4 Å². The maximum absolute atomic E-state index is 12.0. The standard InChI is InChI=1S/C14H23N3O/c18-14(12-6-4-2-1-3-5-7-12)17-9-8-13-15-10-11-16-13/h10-12H,1-9H2,(H,15,16)(H,17,18). The van der Waals surface area contributed by atoms with Crippen molar-refractivity contribution >= 4 is 5.91 Å². The molecule has 0 aliphatic heterocycles. The Kier molecular flexibility index (Phi) is 5.24. The van der Waals surface area contributed by atoms with E-state index in [1.54, 1.807) is 6.20 Å². The SMILES string of the molecule is O=C(NCCc1ncc[nH]1)C1CCCCCCC1. The number of nitrogens with one attached hydrogen (secondary N) is 2. The summed E-state index contributed by atoms with van der Waals surface area (Å²) in [5.41, 5.74) is 0. The number of aromatic nitrogens is 2. The van der Waals surface area contributed by atoms with Crippen LogP contribution in [0.15, 0.2) is 12.4 Å². The van der Waals surface area contributed by atoms with Gasteiger partial charge in [0, 0.05) is 31.3 Å². The molecule has 0 unspecified atom stereocenters. The molecule has 1 fully saturated rings. The molecule has 1 aliphatic rings. The number of amides is 1. The Bertz CT molecular complexity index is 340. The van der Waals surface area contributed by atoms with Crippen molar-refractivity contribution in [1.82, 2.24) is 15.3 Å². The molecule has 1 aromatic heterocycles. The lowest BCUT2D eigenvalue weighted by molar-refractivity contribution is -0.125. The van der Waals surface area contributed by atoms with Gasteiger partial charge >= 0.3 is 0 Å². The van der Waals surface area contributed by atoms with Crippen LogP contribution < -0.4 is 5.32 Å². The zero-order chi connectivity index (χ0) is 12.6. The van der Waals surface area contributed by atoms with Gasteiger partial charge in [-0.3, -0.25) is 4.79 Å². The van der Waals surface area contributed by atoms with E-state index in [-0.39, 0.29) is 11.8 Å². The number of aromatic amines is 1. The summed E-state index contributed by atoms with van der Waals surface area (Å²) in [5.74, 6) is 1.42. The average molecular weight is 249 g/mol. The van der Waals surface area contributed by atoms with Crippen molar-refractivity contribution in [1.29, 1.82) is 0 Å². The van der Waals surface area contributed by atoms with Crippen molar-refractivity contribution < 1.29 is 4.79 Å². The van der Waals surface area contributed by atoms with E-state index in [0.717, 1.165) is 25.1 Å². The predicted molar refractivity (Wildman–Crippen MR) is 71.1 cm³/mol. The van der Waals surface area contributed by atoms with Gasteiger partial charge in [0.15, 0.2) is 0 Å². The number of imidazole rings is 1. The minimum atomic E-state index is 0.238. The number of hydrogen-bond donors (Lipinski definition) is 2. The van der Waals surface area contributed by atoms with Crippen LogP contribution in [0.1, 0.15) is 50.8 Å². The molecule has 0 bridgehead atoms. The molecule has 1 amide bonds. The Morgan fingerprint density at radius 3 is 2.67 bits per heavy atom. The van der Waals surface area contributed by atoms with Crippen molar-refractivity contribution in [3.63, 3.8) is 0 Å². The van der Waals surface area contributed by atoms with E-state index in [1.807, 2.05) is 6.20 Å². The molecule has 0 aromatic carbocycles. The van der Waals surface area contributed by atoms with E-state index in [0.29, 0.717) is 6.54 Å². The molecule has 0 spiro atoms. The van der Waals surface area contributed by atoms with Crippen LogP contribution in [-0.2, 0) is 11.2 Å². The van der Waals surface area contributed by atoms with Crippen LogP contribution in [0, 0.1) is 5.92 Å². The maximum Gasteiger partial charge on any atom is 0.223 e. The van der Waals surface area contributed by atoms with E-state index >= 15 is 0 Å². The van der Waals surface area contributed by atoms with Crippen molar-refractivity contribution in [2.45, 2.75) is 51.4 Å². The summed E-state index contributed by atoms with van der Waals surface area (Å²) in [6.45, 7) is 0.683. The molecule has 18 heavy (non-hydrogen) atoms. The first-order valence-corrected chi connectivity index (χ1v) is 7.12. The molecule has 4 nitrogen and oxygen atoms in total. The van der Waals surface area contributed by atoms with Gasteiger partial charge in [-0.15, -0.1) is 0 Å². The smallest absolute Gasteiger partial charge is 0.223 e. The molecule has 0 radical (unpaired) electrons. The summed E-state index contributed by atoms with van der Waals surface area (Å²) in [6.07, 6.45) is 12.8. The average Bonchev–Trinajstić information content (AvgIpc) is 2.81. The van der Waals surface area contributed by atoms with Gasteiger partial charge in [0.05, 0.1) is 0 Å². The van der Waals surface area contributed by atoms with Gasteiger partial charge in [0.1, 0.15) is 5.82 Å². The number of carbonyl (C=O) groups is 1. The molecule has 100 valence electrons. The lowest BCUT2D eigenvalue weighted by Crippen LogP contribution is -2.32. The largest absolute Gasteiger partial charge is 0.355 e. The van der Waals surface area contributed by atoms with Crippen molar-refractivity contribution in [2.24, 2.45) is 5.92 Å². The first-order valence-electron chi connectivity index (χ1n) is 7.12. The fourth-order valence-electron chi connectivity index (χ4n) is 2.60. The van der Waals surface area contributed by atoms with Crippen LogP contribution in [0.3, 0.4) is 0 Å². The predicted octanol–water partition coefficient (Wildman–Crippen LogP) is 2.43. The molecule has 1 heterocycles. The highest BCUT2D eigenvalue weighted by Gasteiger charge is 2.18. The molecule has 0 atom stereocenters. The molecule has 2 rings (SSSR count). The summed E-state index contributed by atoms with van der Waals surface area (Å²) in [5, 5.41) is 3.04. The molecule has 4 heteroatoms. The molecule has 1 aromatic rings. The van der Waals surface area contributed by atoms with E-state index in [1.165, 1.54) is 32.1 Å². The third-order valence-corrected chi connectivity index (χ3v) is 3.69. The molecule has 1 aliphatic carbocycles. The number of carbonyl (C=O) groups excluding carboxylic acids is 1. The highest BCUT2D eigenvalue weighted by atomic mass is 16.1. The highest BCUT2D eigenvalue weighted by Crippen LogP contribution is 2.22. The lowest BCUT2D eigenvalue weighted by Gasteiger charge is -2.18. The van der Waals surface area contributed by atoms with E-state index in [4.69, 9.17) is 0 Å². The van der Waals surface area contributed by atoms with Crippen LogP contribution in [0.4, 0.5) is 0 Å². The molecular formula is C14H23N3O. The summed E-state index contributed by atoms with van der Waals surface area (Å²) in [7, 11) is 0. The second-order valence-corrected chi connectivity index (χ2v) is 5.12. The molecular weight excluding hydrogens is 226 g/mol. The summed E-state index contributed by atoms with van der Waals surface area (Å²) in [4.78, 5) is 19.2. The Balaban J connectivity index is 1.69. The van der Waals surface area contributed by atoms with Gasteiger partial charge in [-0.1, -0.05) is 32.1 Å². The number of H-pyrrole nitrogens is 1. The quantitative estimate of drug-likeness (QED) is 0.861. The van der Waals surface area contributed by atoms with Gasteiger partial charge in [0.25, 0.3) is 0 Å². The fraction of sp³-hybridized carbons (Fsp3) is 0.714. The lowest BCUT2D eigenvalue weighted by atomic mass is 9.90. The van der Waals surface area contributed by atoms with Crippen LogP contribution in [0.2, 0.25) is 0 Å². The van der Waals surface area contributed by atoms with Gasteiger partial charge in [-0.05, 0) is 12.8 Å². The van der Waals surface area contributed by atoms with Gasteiger partial charge < -0.3 is 10.3 Å². The van der Waals surface area contributed by atoms with E-state index in [9.17, 15) is 4.79 Å². The van der Waals surface area contributed by atoms with Crippen LogP contribution in [0.5, 0.6) is 0 Å².